The lowest BCUT2D eigenvalue weighted by molar-refractivity contribution is 0.0701. The fourth-order valence-corrected chi connectivity index (χ4v) is 3.47. The molecule has 4 heterocycles. The Balaban J connectivity index is 1.51. The lowest BCUT2D eigenvalue weighted by atomic mass is 9.94. The Labute approximate surface area is 150 Å². The van der Waals surface area contributed by atoms with Crippen LogP contribution < -0.4 is 0 Å². The van der Waals surface area contributed by atoms with Crippen LogP contribution in [-0.2, 0) is 0 Å². The first-order chi connectivity index (χ1) is 12.6. The van der Waals surface area contributed by atoms with Crippen molar-refractivity contribution in [2.75, 3.05) is 13.1 Å². The average Bonchev–Trinajstić information content (AvgIpc) is 3.31. The third kappa shape index (κ3) is 3.12. The molecule has 6 nitrogen and oxygen atoms in total. The van der Waals surface area contributed by atoms with Gasteiger partial charge in [0.15, 0.2) is 5.82 Å². The van der Waals surface area contributed by atoms with Crippen LogP contribution in [0.4, 0.5) is 4.39 Å². The van der Waals surface area contributed by atoms with Crippen LogP contribution in [0.15, 0.2) is 36.8 Å². The van der Waals surface area contributed by atoms with E-state index in [4.69, 9.17) is 0 Å². The van der Waals surface area contributed by atoms with Crippen LogP contribution in [0.3, 0.4) is 0 Å². The third-order valence-electron chi connectivity index (χ3n) is 4.85. The van der Waals surface area contributed by atoms with Crippen LogP contribution in [-0.4, -0.2) is 44.1 Å². The van der Waals surface area contributed by atoms with E-state index in [1.807, 2.05) is 25.3 Å². The van der Waals surface area contributed by atoms with E-state index < -0.39 is 5.82 Å². The molecule has 0 unspecified atom stereocenters. The molecule has 0 spiro atoms. The normalized spacial score (nSPS) is 17.5. The number of aromatic nitrogens is 4. The number of pyridine rings is 1. The average molecular weight is 353 g/mol. The number of likely N-dealkylation sites (tertiary alicyclic amines) is 1. The molecule has 3 aromatic heterocycles. The number of halogens is 1. The SMILES string of the molecule is Cc1c[nH]c(-c2cc([C@H]3CCCN(C(=O)c4ccncc4F)C3)[nH]n2)c1. The first kappa shape index (κ1) is 16.5. The summed E-state index contributed by atoms with van der Waals surface area (Å²) in [5.41, 5.74) is 4.05. The summed E-state index contributed by atoms with van der Waals surface area (Å²) in [6.45, 7) is 3.20. The molecule has 1 aliphatic heterocycles. The molecule has 0 aliphatic carbocycles. The molecule has 1 fully saturated rings. The number of nitrogens with one attached hydrogen (secondary N) is 2. The third-order valence-corrected chi connectivity index (χ3v) is 4.85. The predicted octanol–water partition coefficient (Wildman–Crippen LogP) is 3.27. The van der Waals surface area contributed by atoms with Gasteiger partial charge < -0.3 is 9.88 Å². The van der Waals surface area contributed by atoms with Crippen molar-refractivity contribution in [1.29, 1.82) is 0 Å². The summed E-state index contributed by atoms with van der Waals surface area (Å²) >= 11 is 0. The van der Waals surface area contributed by atoms with Gasteiger partial charge in [-0.3, -0.25) is 14.9 Å². The second kappa shape index (κ2) is 6.74. The van der Waals surface area contributed by atoms with Gasteiger partial charge in [-0.25, -0.2) is 4.39 Å². The van der Waals surface area contributed by atoms with E-state index in [9.17, 15) is 9.18 Å². The molecule has 0 aromatic carbocycles. The number of nitrogens with zero attached hydrogens (tertiary/aromatic N) is 3. The van der Waals surface area contributed by atoms with E-state index in [0.717, 1.165) is 41.7 Å². The summed E-state index contributed by atoms with van der Waals surface area (Å²) in [4.78, 5) is 21.3. The molecule has 1 amide bonds. The van der Waals surface area contributed by atoms with Crippen molar-refractivity contribution in [3.8, 4) is 11.4 Å². The highest BCUT2D eigenvalue weighted by molar-refractivity contribution is 5.94. The van der Waals surface area contributed by atoms with E-state index in [2.05, 4.69) is 20.2 Å². The van der Waals surface area contributed by atoms with Gasteiger partial charge in [0.05, 0.1) is 17.5 Å². The van der Waals surface area contributed by atoms with Crippen LogP contribution >= 0.6 is 0 Å². The van der Waals surface area contributed by atoms with E-state index in [-0.39, 0.29) is 17.4 Å². The van der Waals surface area contributed by atoms with Gasteiger partial charge in [0, 0.05) is 37.1 Å². The van der Waals surface area contributed by atoms with Crippen molar-refractivity contribution in [2.24, 2.45) is 0 Å². The molecule has 1 saturated heterocycles. The minimum Gasteiger partial charge on any atom is -0.360 e. The van der Waals surface area contributed by atoms with Gasteiger partial charge in [-0.1, -0.05) is 0 Å². The van der Waals surface area contributed by atoms with Crippen LogP contribution in [0.5, 0.6) is 0 Å². The van der Waals surface area contributed by atoms with E-state index in [1.54, 1.807) is 4.90 Å². The van der Waals surface area contributed by atoms with Crippen molar-refractivity contribution >= 4 is 5.91 Å². The number of aromatic amines is 2. The summed E-state index contributed by atoms with van der Waals surface area (Å²) in [6.07, 6.45) is 6.30. The minimum absolute atomic E-state index is 0.0767. The zero-order valence-electron chi connectivity index (χ0n) is 14.5. The lowest BCUT2D eigenvalue weighted by Gasteiger charge is -2.32. The number of H-pyrrole nitrogens is 2. The van der Waals surface area contributed by atoms with Crippen molar-refractivity contribution in [3.63, 3.8) is 0 Å². The number of piperidine rings is 1. The number of aryl methyl sites for hydroxylation is 1. The highest BCUT2D eigenvalue weighted by Gasteiger charge is 2.28. The fourth-order valence-electron chi connectivity index (χ4n) is 3.47. The van der Waals surface area contributed by atoms with Crippen molar-refractivity contribution in [1.82, 2.24) is 25.1 Å². The van der Waals surface area contributed by atoms with E-state index in [0.29, 0.717) is 13.1 Å². The Morgan fingerprint density at radius 2 is 2.27 bits per heavy atom. The zero-order valence-corrected chi connectivity index (χ0v) is 14.5. The lowest BCUT2D eigenvalue weighted by Crippen LogP contribution is -2.39. The molecule has 2 N–H and O–H groups in total. The van der Waals surface area contributed by atoms with Gasteiger partial charge in [0.1, 0.15) is 5.69 Å². The Hall–Kier alpha value is -2.96. The number of carbonyl (C=O) groups excluding carboxylic acids is 1. The van der Waals surface area contributed by atoms with Crippen LogP contribution in [0, 0.1) is 12.7 Å². The first-order valence-corrected chi connectivity index (χ1v) is 8.71. The number of carbonyl (C=O) groups is 1. The van der Waals surface area contributed by atoms with Gasteiger partial charge in [-0.05, 0) is 43.5 Å². The summed E-state index contributed by atoms with van der Waals surface area (Å²) < 4.78 is 13.9. The molecule has 0 saturated carbocycles. The Kier molecular flexibility index (Phi) is 4.28. The highest BCUT2D eigenvalue weighted by atomic mass is 19.1. The molecule has 7 heteroatoms. The molecule has 26 heavy (non-hydrogen) atoms. The summed E-state index contributed by atoms with van der Waals surface area (Å²) in [5, 5.41) is 7.49. The number of rotatable bonds is 3. The molecule has 0 radical (unpaired) electrons. The second-order valence-electron chi connectivity index (χ2n) is 6.75. The van der Waals surface area contributed by atoms with E-state index in [1.165, 1.54) is 12.3 Å². The fraction of sp³-hybridized carbons (Fsp3) is 0.316. The standard InChI is InChI=1S/C19H20FN5O/c1-12-7-17(22-9-12)18-8-16(23-24-18)13-3-2-6-25(11-13)19(26)14-4-5-21-10-15(14)20/h4-5,7-10,13,22H,2-3,6,11H2,1H3,(H,23,24)/t13-/m0/s1. The topological polar surface area (TPSA) is 77.7 Å². The number of amides is 1. The quantitative estimate of drug-likeness (QED) is 0.759. The van der Waals surface area contributed by atoms with Crippen LogP contribution in [0.25, 0.3) is 11.4 Å². The smallest absolute Gasteiger partial charge is 0.256 e. The molecular weight excluding hydrogens is 333 g/mol. The molecule has 3 aromatic rings. The largest absolute Gasteiger partial charge is 0.360 e. The van der Waals surface area contributed by atoms with Gasteiger partial charge >= 0.3 is 0 Å². The van der Waals surface area contributed by atoms with Crippen LogP contribution in [0.1, 0.15) is 40.4 Å². The number of hydrogen-bond donors (Lipinski definition) is 2. The van der Waals surface area contributed by atoms with Gasteiger partial charge in [-0.2, -0.15) is 5.10 Å². The molecule has 134 valence electrons. The first-order valence-electron chi connectivity index (χ1n) is 8.71. The Morgan fingerprint density at radius 1 is 1.38 bits per heavy atom. The van der Waals surface area contributed by atoms with Crippen molar-refractivity contribution in [3.05, 3.63) is 59.4 Å². The number of hydrogen-bond acceptors (Lipinski definition) is 3. The monoisotopic (exact) mass is 353 g/mol. The Morgan fingerprint density at radius 3 is 3.04 bits per heavy atom. The maximum Gasteiger partial charge on any atom is 0.256 e. The Bertz CT molecular complexity index is 931. The van der Waals surface area contributed by atoms with Crippen molar-refractivity contribution in [2.45, 2.75) is 25.7 Å². The van der Waals surface area contributed by atoms with Gasteiger partial charge in [-0.15, -0.1) is 0 Å². The van der Waals surface area contributed by atoms with Gasteiger partial charge in [0.2, 0.25) is 0 Å². The van der Waals surface area contributed by atoms with Crippen molar-refractivity contribution < 1.29 is 9.18 Å². The molecule has 1 aliphatic rings. The maximum absolute atomic E-state index is 13.9. The van der Waals surface area contributed by atoms with Crippen LogP contribution in [0.2, 0.25) is 0 Å². The zero-order chi connectivity index (χ0) is 18.1. The van der Waals surface area contributed by atoms with E-state index >= 15 is 0 Å². The summed E-state index contributed by atoms with van der Waals surface area (Å²) in [7, 11) is 0. The molecular formula is C19H20FN5O. The minimum atomic E-state index is -0.578. The second-order valence-corrected chi connectivity index (χ2v) is 6.75. The molecule has 4 rings (SSSR count). The summed E-state index contributed by atoms with van der Waals surface area (Å²) in [5.74, 6) is -0.699. The summed E-state index contributed by atoms with van der Waals surface area (Å²) in [6, 6.07) is 5.50. The van der Waals surface area contributed by atoms with Gasteiger partial charge in [0.25, 0.3) is 5.91 Å². The predicted molar refractivity (Wildman–Crippen MR) is 95.2 cm³/mol. The molecule has 0 bridgehead atoms. The molecule has 1 atom stereocenters. The highest BCUT2D eigenvalue weighted by Crippen LogP contribution is 2.29. The maximum atomic E-state index is 13.9.